The summed E-state index contributed by atoms with van der Waals surface area (Å²) >= 11 is 0. The maximum Gasteiger partial charge on any atom is 0.254 e. The van der Waals surface area contributed by atoms with Crippen LogP contribution in [0.5, 0.6) is 0 Å². The van der Waals surface area contributed by atoms with Gasteiger partial charge in [-0.1, -0.05) is 12.1 Å². The van der Waals surface area contributed by atoms with E-state index in [0.717, 1.165) is 5.56 Å². The van der Waals surface area contributed by atoms with E-state index in [1.807, 2.05) is 0 Å². The number of carbonyl (C=O) groups is 1. The van der Waals surface area contributed by atoms with Gasteiger partial charge in [0.05, 0.1) is 5.56 Å². The van der Waals surface area contributed by atoms with Gasteiger partial charge in [-0.05, 0) is 30.2 Å². The van der Waals surface area contributed by atoms with Crippen LogP contribution in [0.4, 0.5) is 14.6 Å². The summed E-state index contributed by atoms with van der Waals surface area (Å²) in [7, 11) is 0. The summed E-state index contributed by atoms with van der Waals surface area (Å²) in [5, 5.41) is 2.57. The number of nitrogen functional groups attached to an aromatic ring is 1. The molecule has 0 aliphatic carbocycles. The first-order chi connectivity index (χ1) is 9.58. The van der Waals surface area contributed by atoms with Gasteiger partial charge in [0.1, 0.15) is 5.82 Å². The molecule has 1 heterocycles. The molecule has 20 heavy (non-hydrogen) atoms. The number of amides is 1. The van der Waals surface area contributed by atoms with Crippen molar-refractivity contribution in [2.45, 2.75) is 6.42 Å². The Morgan fingerprint density at radius 3 is 2.60 bits per heavy atom. The van der Waals surface area contributed by atoms with Crippen LogP contribution in [0.2, 0.25) is 0 Å². The van der Waals surface area contributed by atoms with Crippen molar-refractivity contribution in [2.24, 2.45) is 0 Å². The minimum atomic E-state index is -0.827. The lowest BCUT2D eigenvalue weighted by Gasteiger charge is -2.07. The molecule has 0 fully saturated rings. The van der Waals surface area contributed by atoms with Gasteiger partial charge in [0.25, 0.3) is 5.91 Å². The van der Waals surface area contributed by atoms with E-state index >= 15 is 0 Å². The van der Waals surface area contributed by atoms with Gasteiger partial charge in [-0.3, -0.25) is 4.79 Å². The van der Waals surface area contributed by atoms with Crippen molar-refractivity contribution in [3.05, 3.63) is 59.3 Å². The van der Waals surface area contributed by atoms with Crippen LogP contribution >= 0.6 is 0 Å². The van der Waals surface area contributed by atoms with Crippen LogP contribution < -0.4 is 11.1 Å². The number of halogens is 2. The second-order valence-electron chi connectivity index (χ2n) is 4.19. The van der Waals surface area contributed by atoms with Gasteiger partial charge in [0.15, 0.2) is 11.6 Å². The molecule has 2 aromatic rings. The molecule has 3 N–H and O–H groups in total. The molecule has 1 aromatic heterocycles. The first kappa shape index (κ1) is 13.9. The third-order valence-corrected chi connectivity index (χ3v) is 2.77. The monoisotopic (exact) mass is 277 g/mol. The molecule has 0 atom stereocenters. The van der Waals surface area contributed by atoms with Gasteiger partial charge in [0, 0.05) is 12.7 Å². The number of aromatic nitrogens is 1. The number of nitrogens with one attached hydrogen (secondary N) is 1. The molecule has 1 amide bonds. The van der Waals surface area contributed by atoms with Crippen molar-refractivity contribution in [3.8, 4) is 0 Å². The highest BCUT2D eigenvalue weighted by atomic mass is 19.1. The number of benzene rings is 1. The lowest BCUT2D eigenvalue weighted by atomic mass is 10.1. The fourth-order valence-electron chi connectivity index (χ4n) is 1.70. The average molecular weight is 277 g/mol. The summed E-state index contributed by atoms with van der Waals surface area (Å²) in [6.45, 7) is 0.312. The van der Waals surface area contributed by atoms with Crippen LogP contribution in [0.1, 0.15) is 15.9 Å². The number of pyridine rings is 1. The number of anilines is 1. The number of nitrogens with two attached hydrogens (primary N) is 1. The molecule has 0 radical (unpaired) electrons. The number of hydrogen-bond donors (Lipinski definition) is 2. The molecule has 0 unspecified atom stereocenters. The Morgan fingerprint density at radius 1 is 1.20 bits per heavy atom. The second-order valence-corrected chi connectivity index (χ2v) is 4.19. The fraction of sp³-hybridized carbons (Fsp3) is 0.143. The number of hydrogen-bond acceptors (Lipinski definition) is 3. The van der Waals surface area contributed by atoms with Crippen molar-refractivity contribution in [2.75, 3.05) is 12.3 Å². The molecular weight excluding hydrogens is 264 g/mol. The van der Waals surface area contributed by atoms with E-state index in [1.165, 1.54) is 24.4 Å². The van der Waals surface area contributed by atoms with E-state index in [0.29, 0.717) is 13.0 Å². The molecule has 0 saturated heterocycles. The zero-order chi connectivity index (χ0) is 14.5. The summed E-state index contributed by atoms with van der Waals surface area (Å²) < 4.78 is 26.3. The van der Waals surface area contributed by atoms with Gasteiger partial charge in [-0.2, -0.15) is 0 Å². The topological polar surface area (TPSA) is 68.0 Å². The largest absolute Gasteiger partial charge is 0.381 e. The van der Waals surface area contributed by atoms with Crippen molar-refractivity contribution >= 4 is 11.7 Å². The Hall–Kier alpha value is -2.50. The molecule has 6 heteroatoms. The molecular formula is C14H13F2N3O. The van der Waals surface area contributed by atoms with Crippen LogP contribution in [0, 0.1) is 11.6 Å². The normalized spacial score (nSPS) is 10.3. The van der Waals surface area contributed by atoms with Gasteiger partial charge in [-0.15, -0.1) is 0 Å². The van der Waals surface area contributed by atoms with E-state index in [2.05, 4.69) is 10.3 Å². The third kappa shape index (κ3) is 3.28. The Balaban J connectivity index is 1.92. The summed E-state index contributed by atoms with van der Waals surface area (Å²) in [5.41, 5.74) is 6.02. The van der Waals surface area contributed by atoms with E-state index in [-0.39, 0.29) is 17.2 Å². The first-order valence-corrected chi connectivity index (χ1v) is 6.00. The van der Waals surface area contributed by atoms with Crippen LogP contribution in [-0.2, 0) is 6.42 Å². The van der Waals surface area contributed by atoms with Gasteiger partial charge in [0.2, 0.25) is 0 Å². The van der Waals surface area contributed by atoms with Crippen molar-refractivity contribution in [1.29, 1.82) is 0 Å². The van der Waals surface area contributed by atoms with Crippen LogP contribution in [-0.4, -0.2) is 17.4 Å². The van der Waals surface area contributed by atoms with Gasteiger partial charge in [-0.25, -0.2) is 13.8 Å². The number of carbonyl (C=O) groups excluding carboxylic acids is 1. The summed E-state index contributed by atoms with van der Waals surface area (Å²) in [6.07, 6.45) is 1.79. The van der Waals surface area contributed by atoms with Crippen LogP contribution in [0.25, 0.3) is 0 Å². The number of rotatable bonds is 4. The zero-order valence-corrected chi connectivity index (χ0v) is 10.6. The summed E-state index contributed by atoms with van der Waals surface area (Å²) in [6, 6.07) is 7.22. The second kappa shape index (κ2) is 6.10. The van der Waals surface area contributed by atoms with Crippen molar-refractivity contribution in [1.82, 2.24) is 10.3 Å². The summed E-state index contributed by atoms with van der Waals surface area (Å²) in [5.74, 6) is -2.01. The lowest BCUT2D eigenvalue weighted by molar-refractivity contribution is 0.0950. The van der Waals surface area contributed by atoms with Crippen molar-refractivity contribution < 1.29 is 13.6 Å². The third-order valence-electron chi connectivity index (χ3n) is 2.77. The van der Waals surface area contributed by atoms with Crippen molar-refractivity contribution in [3.63, 3.8) is 0 Å². The predicted octanol–water partition coefficient (Wildman–Crippen LogP) is 1.91. The molecule has 104 valence electrons. The Labute approximate surface area is 114 Å². The average Bonchev–Trinajstić information content (AvgIpc) is 2.44. The molecule has 2 rings (SSSR count). The highest BCUT2D eigenvalue weighted by molar-refractivity contribution is 5.95. The molecule has 0 aliphatic heterocycles. The van der Waals surface area contributed by atoms with E-state index in [4.69, 9.17) is 5.73 Å². The maximum absolute atomic E-state index is 13.6. The molecule has 1 aromatic carbocycles. The Bertz CT molecular complexity index is 614. The number of nitrogens with zero attached hydrogens (tertiary/aromatic N) is 1. The highest BCUT2D eigenvalue weighted by Gasteiger charge is 2.13. The fourth-order valence-corrected chi connectivity index (χ4v) is 1.70. The van der Waals surface area contributed by atoms with Gasteiger partial charge < -0.3 is 11.1 Å². The maximum atomic E-state index is 13.6. The molecule has 4 nitrogen and oxygen atoms in total. The van der Waals surface area contributed by atoms with E-state index in [1.54, 1.807) is 12.1 Å². The van der Waals surface area contributed by atoms with E-state index < -0.39 is 11.7 Å². The summed E-state index contributed by atoms with van der Waals surface area (Å²) in [4.78, 5) is 15.3. The zero-order valence-electron chi connectivity index (χ0n) is 10.6. The molecule has 0 saturated carbocycles. The standard InChI is InChI=1S/C14H13F2N3O/c15-10-3-1-9(2-4-10)5-7-19-14(20)11-6-8-18-13(17)12(11)16/h1-4,6,8H,5,7H2,(H2,17,18)(H,19,20). The van der Waals surface area contributed by atoms with E-state index in [9.17, 15) is 13.6 Å². The molecule has 0 bridgehead atoms. The van der Waals surface area contributed by atoms with Gasteiger partial charge >= 0.3 is 0 Å². The lowest BCUT2D eigenvalue weighted by Crippen LogP contribution is -2.27. The minimum Gasteiger partial charge on any atom is -0.381 e. The SMILES string of the molecule is Nc1nccc(C(=O)NCCc2ccc(F)cc2)c1F. The predicted molar refractivity (Wildman–Crippen MR) is 71.0 cm³/mol. The Kier molecular flexibility index (Phi) is 4.24. The van der Waals surface area contributed by atoms with Crippen LogP contribution in [0.15, 0.2) is 36.5 Å². The Morgan fingerprint density at radius 2 is 1.90 bits per heavy atom. The quantitative estimate of drug-likeness (QED) is 0.897. The smallest absolute Gasteiger partial charge is 0.254 e. The molecule has 0 spiro atoms. The minimum absolute atomic E-state index is 0.142. The first-order valence-electron chi connectivity index (χ1n) is 6.00. The molecule has 0 aliphatic rings. The highest BCUT2D eigenvalue weighted by Crippen LogP contribution is 2.11. The van der Waals surface area contributed by atoms with Crippen LogP contribution in [0.3, 0.4) is 0 Å².